The van der Waals surface area contributed by atoms with Crippen molar-refractivity contribution in [1.29, 1.82) is 0 Å². The Morgan fingerprint density at radius 3 is 0.699 bits per heavy atom. The smallest absolute Gasteiger partial charge is 0.463 e. The van der Waals surface area contributed by atoms with E-state index in [9.17, 15) is 43.5 Å². The van der Waals surface area contributed by atoms with E-state index in [1.165, 1.54) is 199 Å². The Morgan fingerprint density at radius 1 is 0.236 bits per heavy atom. The van der Waals surface area contributed by atoms with Crippen LogP contribution in [0.25, 0.3) is 0 Å². The Kier molecular flexibility index (Phi) is 91.6. The fourth-order valence-corrected chi connectivity index (χ4v) is 14.8. The molecule has 0 heterocycles. The van der Waals surface area contributed by atoms with Crippen LogP contribution in [0.4, 0.5) is 0 Å². The number of carbonyl (C=O) groups excluding carboxylic acids is 3. The van der Waals surface area contributed by atoms with Gasteiger partial charge in [-0.2, -0.15) is 0 Å². The molecule has 0 rings (SSSR count). The number of aliphatic hydroxyl groups excluding tert-OH is 2. The van der Waals surface area contributed by atoms with E-state index < -0.39 is 91.5 Å². The molecule has 4 N–H and O–H groups in total. The lowest BCUT2D eigenvalue weighted by Gasteiger charge is -2.21. The summed E-state index contributed by atoms with van der Waals surface area (Å²) in [6, 6.07) is 0. The number of hydrogen-bond acceptors (Lipinski definition) is 14. The van der Waals surface area contributed by atoms with Crippen LogP contribution >= 0.6 is 15.6 Å². The molecule has 0 aromatic carbocycles. The Morgan fingerprint density at radius 2 is 0.431 bits per heavy atom. The fraction of sp³-hybridized carbons (Fsp3) is 0.686. The Bertz CT molecular complexity index is 2970. The zero-order chi connectivity index (χ0) is 89.3. The largest absolute Gasteiger partial charge is 0.472 e. The highest BCUT2D eigenvalue weighted by Crippen LogP contribution is 2.45. The van der Waals surface area contributed by atoms with Gasteiger partial charge in [0.2, 0.25) is 0 Å². The van der Waals surface area contributed by atoms with Crippen molar-refractivity contribution in [2.75, 3.05) is 39.6 Å². The molecular formula is C105H178O16P2. The summed E-state index contributed by atoms with van der Waals surface area (Å²) >= 11 is 0. The number of ether oxygens (including phenoxy) is 3. The quantitative estimate of drug-likeness (QED) is 0.0146. The van der Waals surface area contributed by atoms with Crippen LogP contribution in [-0.4, -0.2) is 95.9 Å². The highest BCUT2D eigenvalue weighted by atomic mass is 31.2. The molecule has 0 aromatic heterocycles. The van der Waals surface area contributed by atoms with Gasteiger partial charge in [-0.3, -0.25) is 32.5 Å². The third kappa shape index (κ3) is 97.1. The van der Waals surface area contributed by atoms with Gasteiger partial charge in [0, 0.05) is 19.3 Å². The molecule has 18 heteroatoms. The van der Waals surface area contributed by atoms with Gasteiger partial charge in [0.1, 0.15) is 25.4 Å². The predicted molar refractivity (Wildman–Crippen MR) is 518 cm³/mol. The van der Waals surface area contributed by atoms with Gasteiger partial charge < -0.3 is 34.2 Å². The summed E-state index contributed by atoms with van der Waals surface area (Å²) in [5.41, 5.74) is 0. The van der Waals surface area contributed by atoms with Gasteiger partial charge in [0.25, 0.3) is 0 Å². The lowest BCUT2D eigenvalue weighted by atomic mass is 10.0. The number of hydrogen-bond donors (Lipinski definition) is 4. The summed E-state index contributed by atoms with van der Waals surface area (Å²) in [5.74, 6) is -1.62. The second kappa shape index (κ2) is 95.7. The summed E-state index contributed by atoms with van der Waals surface area (Å²) in [6.07, 6.45) is 127. The lowest BCUT2D eigenvalue weighted by molar-refractivity contribution is -0.161. The van der Waals surface area contributed by atoms with Gasteiger partial charge >= 0.3 is 33.6 Å². The van der Waals surface area contributed by atoms with Crippen LogP contribution in [-0.2, 0) is 55.8 Å². The van der Waals surface area contributed by atoms with E-state index in [1.807, 2.05) is 0 Å². The van der Waals surface area contributed by atoms with Crippen molar-refractivity contribution in [3.63, 3.8) is 0 Å². The van der Waals surface area contributed by atoms with E-state index in [0.29, 0.717) is 25.7 Å². The van der Waals surface area contributed by atoms with Gasteiger partial charge in [-0.25, -0.2) is 9.13 Å². The maximum atomic E-state index is 13.1. The van der Waals surface area contributed by atoms with E-state index in [1.54, 1.807) is 0 Å². The molecule has 5 unspecified atom stereocenters. The van der Waals surface area contributed by atoms with Crippen LogP contribution in [0, 0.1) is 0 Å². The topological polar surface area (TPSA) is 231 Å². The molecule has 0 aliphatic heterocycles. The minimum absolute atomic E-state index is 0.0452. The normalized spacial score (nSPS) is 14.5. The van der Waals surface area contributed by atoms with E-state index in [0.717, 1.165) is 141 Å². The van der Waals surface area contributed by atoms with Crippen LogP contribution in [0.2, 0.25) is 0 Å². The van der Waals surface area contributed by atoms with Gasteiger partial charge in [-0.15, -0.1) is 0 Å². The van der Waals surface area contributed by atoms with E-state index >= 15 is 0 Å². The molecule has 0 radical (unpaired) electrons. The van der Waals surface area contributed by atoms with Crippen molar-refractivity contribution >= 4 is 33.6 Å². The summed E-state index contributed by atoms with van der Waals surface area (Å²) in [7, 11) is -9.83. The second-order valence-electron chi connectivity index (χ2n) is 32.5. The number of carbonyl (C=O) groups is 3. The van der Waals surface area contributed by atoms with Crippen molar-refractivity contribution in [3.8, 4) is 0 Å². The van der Waals surface area contributed by atoms with E-state index in [4.69, 9.17) is 32.3 Å². The third-order valence-corrected chi connectivity index (χ3v) is 22.5. The lowest BCUT2D eigenvalue weighted by Crippen LogP contribution is -2.30. The maximum absolute atomic E-state index is 13.1. The van der Waals surface area contributed by atoms with E-state index in [-0.39, 0.29) is 19.3 Å². The number of rotatable bonds is 92. The zero-order valence-electron chi connectivity index (χ0n) is 77.8. The first-order valence-corrected chi connectivity index (χ1v) is 52.1. The molecular weight excluding hydrogens is 1580 g/mol. The van der Waals surface area contributed by atoms with Crippen LogP contribution in [0.3, 0.4) is 0 Å². The average molecular weight is 1760 g/mol. The number of aliphatic hydroxyl groups is 2. The third-order valence-electron chi connectivity index (χ3n) is 20.6. The van der Waals surface area contributed by atoms with Crippen molar-refractivity contribution in [3.05, 3.63) is 182 Å². The van der Waals surface area contributed by atoms with Crippen LogP contribution in [0.5, 0.6) is 0 Å². The number of phosphoric ester groups is 2. The monoisotopic (exact) mass is 1760 g/mol. The Labute approximate surface area is 751 Å². The number of allylic oxidation sites excluding steroid dienone is 30. The molecule has 704 valence electrons. The Hall–Kier alpha value is -5.35. The van der Waals surface area contributed by atoms with Crippen molar-refractivity contribution in [2.45, 2.75) is 424 Å². The first kappa shape index (κ1) is 118. The van der Waals surface area contributed by atoms with Gasteiger partial charge in [-0.1, -0.05) is 409 Å². The van der Waals surface area contributed by atoms with E-state index in [2.05, 4.69) is 203 Å². The first-order chi connectivity index (χ1) is 60.2. The molecule has 0 fully saturated rings. The summed E-state index contributed by atoms with van der Waals surface area (Å²) < 4.78 is 61.5. The molecule has 0 aliphatic rings. The molecule has 123 heavy (non-hydrogen) atoms. The molecule has 0 spiro atoms. The SMILES string of the molecule is CC/C=C\C/C=C\C/C=C\C/C=C\C/C=C\C/C=C\CCCCC(=O)OC(COC(=O)CCCCCCCCCCCCCCCCC/C=C\C/C=C\C/C=C\C/C=C\C/C=C\CC)COP(=O)(O)OCC(O)COP(=O)(O)OCC(O)COC(=O)CCCCCCCCCCCCCCCCCCCCC/C=C\C/C=C\C/C=C\C/C=C\CCCCC. The number of phosphoric acid groups is 2. The molecule has 0 aliphatic carbocycles. The fourth-order valence-electron chi connectivity index (χ4n) is 13.2. The van der Waals surface area contributed by atoms with Gasteiger partial charge in [-0.05, 0) is 161 Å². The standard InChI is InChI=1S/C105H178O16P2/c1-4-7-10-13-16-19-22-25-28-31-34-37-39-41-43-45-47-48-49-50-52-54-55-57-59-62-64-67-70-73-76-79-82-85-88-91-103(108)115-94-100(106)95-117-122(111,112)118-96-101(107)97-119-123(113,114)120-99-102(121-105(110)93-90-87-84-81-78-75-72-69-66-61-36-33-30-27-24-21-18-15-12-9-6-3)98-116-104(109)92-89-86-83-80-77-74-71-68-65-63-60-58-56-53-51-46-44-42-40-38-35-32-29-26-23-20-17-14-11-8-5-2/h8-9,11-12,16-21,25-30,34-38,41-44,61,69,72,78,81,100-102,106-107H,4-7,10,13-15,22-24,31-33,39-40,45-60,62-68,70-71,73-77,79-80,82-99H2,1-3H3,(H,111,112)(H,113,114)/b11-8-,12-9-,19-16-,20-17-,21-18-,28-25-,29-26-,30-27-,37-34-,38-35-,43-41-,44-42-,61-36-,72-69-,81-78-. The van der Waals surface area contributed by atoms with Gasteiger partial charge in [0.15, 0.2) is 6.10 Å². The average Bonchev–Trinajstić information content (AvgIpc) is 0.898. The summed E-state index contributed by atoms with van der Waals surface area (Å²) in [6.45, 7) is 2.42. The highest BCUT2D eigenvalue weighted by molar-refractivity contribution is 7.47. The molecule has 0 aromatic rings. The molecule has 16 nitrogen and oxygen atoms in total. The Balaban J connectivity index is 4.55. The summed E-state index contributed by atoms with van der Waals surface area (Å²) in [4.78, 5) is 59.1. The van der Waals surface area contributed by atoms with Gasteiger partial charge in [0.05, 0.1) is 26.4 Å². The van der Waals surface area contributed by atoms with Crippen molar-refractivity contribution in [1.82, 2.24) is 0 Å². The first-order valence-electron chi connectivity index (χ1n) is 49.1. The molecule has 0 bridgehead atoms. The zero-order valence-corrected chi connectivity index (χ0v) is 79.6. The summed E-state index contributed by atoms with van der Waals surface area (Å²) in [5, 5.41) is 20.8. The van der Waals surface area contributed by atoms with Crippen molar-refractivity contribution in [2.24, 2.45) is 0 Å². The molecule has 0 amide bonds. The van der Waals surface area contributed by atoms with Crippen LogP contribution in [0.1, 0.15) is 406 Å². The number of unbranched alkanes of at least 4 members (excludes halogenated alkanes) is 39. The predicted octanol–water partition coefficient (Wildman–Crippen LogP) is 30.8. The molecule has 0 saturated carbocycles. The maximum Gasteiger partial charge on any atom is 0.472 e. The molecule has 5 atom stereocenters. The van der Waals surface area contributed by atoms with Crippen molar-refractivity contribution < 1.29 is 75.8 Å². The van der Waals surface area contributed by atoms with Crippen LogP contribution in [0.15, 0.2) is 182 Å². The minimum Gasteiger partial charge on any atom is -0.463 e. The van der Waals surface area contributed by atoms with Crippen LogP contribution < -0.4 is 0 Å². The number of esters is 3. The minimum atomic E-state index is -4.96. The molecule has 0 saturated heterocycles. The highest BCUT2D eigenvalue weighted by Gasteiger charge is 2.30. The second-order valence-corrected chi connectivity index (χ2v) is 35.4.